The number of rotatable bonds is 7. The predicted octanol–water partition coefficient (Wildman–Crippen LogP) is 3.16. The molecule has 1 aliphatic rings. The predicted molar refractivity (Wildman–Crippen MR) is 119 cm³/mol. The van der Waals surface area contributed by atoms with Crippen molar-refractivity contribution in [1.82, 2.24) is 15.6 Å². The molecule has 1 atom stereocenters. The summed E-state index contributed by atoms with van der Waals surface area (Å²) in [6.07, 6.45) is 1.84. The van der Waals surface area contributed by atoms with Gasteiger partial charge >= 0.3 is 0 Å². The van der Waals surface area contributed by atoms with Crippen molar-refractivity contribution in [2.45, 2.75) is 25.8 Å². The third-order valence-electron chi connectivity index (χ3n) is 5.29. The maximum atomic E-state index is 12.5. The second-order valence-corrected chi connectivity index (χ2v) is 7.76. The first-order chi connectivity index (χ1) is 15.4. The molecule has 4 rings (SSSR count). The Balaban J connectivity index is 1.41. The number of pyridine rings is 1. The van der Waals surface area contributed by atoms with Crippen molar-refractivity contribution in [3.8, 4) is 11.3 Å². The molecule has 0 spiro atoms. The number of benzene rings is 1. The van der Waals surface area contributed by atoms with Gasteiger partial charge in [-0.3, -0.25) is 14.4 Å². The van der Waals surface area contributed by atoms with Crippen LogP contribution < -0.4 is 16.0 Å². The molecular formula is C24H24N4O4. The monoisotopic (exact) mass is 432 g/mol. The van der Waals surface area contributed by atoms with Gasteiger partial charge in [-0.25, -0.2) is 4.98 Å². The molecule has 0 saturated heterocycles. The second kappa shape index (κ2) is 9.05. The Morgan fingerprint density at radius 2 is 1.75 bits per heavy atom. The van der Waals surface area contributed by atoms with Crippen molar-refractivity contribution in [3.05, 3.63) is 71.7 Å². The summed E-state index contributed by atoms with van der Waals surface area (Å²) >= 11 is 0. The van der Waals surface area contributed by atoms with Crippen molar-refractivity contribution in [2.75, 3.05) is 12.4 Å². The number of carbonyl (C=O) groups excluding carboxylic acids is 3. The lowest BCUT2D eigenvalue weighted by Gasteiger charge is -2.15. The van der Waals surface area contributed by atoms with Crippen molar-refractivity contribution >= 4 is 23.4 Å². The maximum Gasteiger partial charge on any atom is 0.287 e. The zero-order valence-corrected chi connectivity index (χ0v) is 17.8. The van der Waals surface area contributed by atoms with Gasteiger partial charge < -0.3 is 20.4 Å². The number of furan rings is 1. The lowest BCUT2D eigenvalue weighted by Crippen LogP contribution is -2.47. The summed E-state index contributed by atoms with van der Waals surface area (Å²) in [7, 11) is 1.55. The molecule has 1 saturated carbocycles. The molecule has 3 amide bonds. The van der Waals surface area contributed by atoms with Crippen LogP contribution in [-0.2, 0) is 4.79 Å². The minimum Gasteiger partial charge on any atom is -0.451 e. The summed E-state index contributed by atoms with van der Waals surface area (Å²) in [5.41, 5.74) is 2.48. The number of likely N-dealkylation sites (N-methyl/N-ethyl adjacent to an activating group) is 1. The van der Waals surface area contributed by atoms with Gasteiger partial charge in [-0.1, -0.05) is 6.07 Å². The molecule has 32 heavy (non-hydrogen) atoms. The highest BCUT2D eigenvalue weighted by Crippen LogP contribution is 2.33. The minimum atomic E-state index is -0.549. The normalized spacial score (nSPS) is 13.8. The number of amides is 3. The highest BCUT2D eigenvalue weighted by Gasteiger charge is 2.37. The van der Waals surface area contributed by atoms with E-state index in [0.29, 0.717) is 17.1 Å². The molecule has 8 heteroatoms. The number of hydrogen-bond donors (Lipinski definition) is 3. The fourth-order valence-electron chi connectivity index (χ4n) is 3.39. The Bertz CT molecular complexity index is 1150. The van der Waals surface area contributed by atoms with E-state index < -0.39 is 11.9 Å². The fourth-order valence-corrected chi connectivity index (χ4v) is 3.39. The first-order valence-electron chi connectivity index (χ1n) is 10.4. The molecule has 2 aromatic heterocycles. The summed E-state index contributed by atoms with van der Waals surface area (Å²) in [6, 6.07) is 15.1. The van der Waals surface area contributed by atoms with Crippen LogP contribution in [0.5, 0.6) is 0 Å². The third kappa shape index (κ3) is 4.85. The molecule has 0 unspecified atom stereocenters. The standard InChI is InChI=1S/C24H24N4O4/c1-14-4-3-5-18(26-14)22(29)27-17-10-8-15(9-11-17)19-12-13-20(32-19)23(30)28-21(16-6-7-16)24(31)25-2/h3-5,8-13,16,21H,6-7H2,1-2H3,(H,25,31)(H,27,29)(H,28,30)/t21-/m0/s1. The number of nitrogens with one attached hydrogen (secondary N) is 3. The molecule has 0 bridgehead atoms. The minimum absolute atomic E-state index is 0.137. The van der Waals surface area contributed by atoms with Gasteiger partial charge in [0.2, 0.25) is 5.91 Å². The number of nitrogens with zero attached hydrogens (tertiary/aromatic N) is 1. The first-order valence-corrected chi connectivity index (χ1v) is 10.4. The first kappa shape index (κ1) is 21.3. The zero-order valence-electron chi connectivity index (χ0n) is 17.8. The van der Waals surface area contributed by atoms with Gasteiger partial charge in [0.25, 0.3) is 11.8 Å². The highest BCUT2D eigenvalue weighted by molar-refractivity contribution is 6.03. The summed E-state index contributed by atoms with van der Waals surface area (Å²) in [6.45, 7) is 1.83. The van der Waals surface area contributed by atoms with Crippen LogP contribution in [0.1, 0.15) is 39.6 Å². The molecule has 3 aromatic rings. The fraction of sp³-hybridized carbons (Fsp3) is 0.250. The Hall–Kier alpha value is -3.94. The van der Waals surface area contributed by atoms with Gasteiger partial charge in [0.05, 0.1) is 0 Å². The lowest BCUT2D eigenvalue weighted by atomic mass is 10.1. The molecule has 1 aromatic carbocycles. The Morgan fingerprint density at radius 1 is 1.00 bits per heavy atom. The van der Waals surface area contributed by atoms with E-state index in [1.54, 1.807) is 55.6 Å². The number of anilines is 1. The van der Waals surface area contributed by atoms with Crippen molar-refractivity contribution < 1.29 is 18.8 Å². The second-order valence-electron chi connectivity index (χ2n) is 7.76. The van der Waals surface area contributed by atoms with Gasteiger partial charge in [0, 0.05) is 24.0 Å². The van der Waals surface area contributed by atoms with Crippen LogP contribution in [0.25, 0.3) is 11.3 Å². The molecule has 3 N–H and O–H groups in total. The quantitative estimate of drug-likeness (QED) is 0.531. The van der Waals surface area contributed by atoms with Crippen LogP contribution in [0, 0.1) is 12.8 Å². The summed E-state index contributed by atoms with van der Waals surface area (Å²) < 4.78 is 5.71. The van der Waals surface area contributed by atoms with Crippen LogP contribution in [0.2, 0.25) is 0 Å². The van der Waals surface area contributed by atoms with Crippen molar-refractivity contribution in [1.29, 1.82) is 0 Å². The Kier molecular flexibility index (Phi) is 6.02. The Labute approximate surface area is 185 Å². The molecule has 1 aliphatic carbocycles. The molecule has 2 heterocycles. The molecule has 0 radical (unpaired) electrons. The molecular weight excluding hydrogens is 408 g/mol. The van der Waals surface area contributed by atoms with E-state index in [9.17, 15) is 14.4 Å². The van der Waals surface area contributed by atoms with E-state index in [1.165, 1.54) is 0 Å². The number of aryl methyl sites for hydroxylation is 1. The van der Waals surface area contributed by atoms with Gasteiger partial charge in [-0.05, 0) is 74.2 Å². The number of carbonyl (C=O) groups is 3. The van der Waals surface area contributed by atoms with E-state index in [4.69, 9.17) is 4.42 Å². The van der Waals surface area contributed by atoms with Crippen molar-refractivity contribution in [3.63, 3.8) is 0 Å². The summed E-state index contributed by atoms with van der Waals surface area (Å²) in [5, 5.41) is 8.16. The molecule has 1 fully saturated rings. The largest absolute Gasteiger partial charge is 0.451 e. The topological polar surface area (TPSA) is 113 Å². The van der Waals surface area contributed by atoms with Crippen molar-refractivity contribution in [2.24, 2.45) is 5.92 Å². The van der Waals surface area contributed by atoms with Gasteiger partial charge in [0.1, 0.15) is 17.5 Å². The molecule has 8 nitrogen and oxygen atoms in total. The highest BCUT2D eigenvalue weighted by atomic mass is 16.4. The van der Waals surface area contributed by atoms with E-state index in [0.717, 1.165) is 24.1 Å². The van der Waals surface area contributed by atoms with Crippen LogP contribution in [0.3, 0.4) is 0 Å². The van der Waals surface area contributed by atoms with E-state index in [-0.39, 0.29) is 23.5 Å². The van der Waals surface area contributed by atoms with E-state index in [2.05, 4.69) is 20.9 Å². The molecule has 164 valence electrons. The molecule has 0 aliphatic heterocycles. The number of hydrogen-bond acceptors (Lipinski definition) is 5. The van der Waals surface area contributed by atoms with Gasteiger partial charge in [0.15, 0.2) is 5.76 Å². The summed E-state index contributed by atoms with van der Waals surface area (Å²) in [4.78, 5) is 41.1. The van der Waals surface area contributed by atoms with E-state index >= 15 is 0 Å². The zero-order chi connectivity index (χ0) is 22.7. The average Bonchev–Trinajstić information content (AvgIpc) is 3.52. The average molecular weight is 432 g/mol. The van der Waals surface area contributed by atoms with Gasteiger partial charge in [-0.15, -0.1) is 0 Å². The van der Waals surface area contributed by atoms with Crippen LogP contribution in [0.15, 0.2) is 59.0 Å². The van der Waals surface area contributed by atoms with Gasteiger partial charge in [-0.2, -0.15) is 0 Å². The third-order valence-corrected chi connectivity index (χ3v) is 5.29. The van der Waals surface area contributed by atoms with Crippen LogP contribution in [-0.4, -0.2) is 35.8 Å². The van der Waals surface area contributed by atoms with Crippen LogP contribution >= 0.6 is 0 Å². The van der Waals surface area contributed by atoms with Crippen LogP contribution in [0.4, 0.5) is 5.69 Å². The van der Waals surface area contributed by atoms with E-state index in [1.807, 2.05) is 13.0 Å². The Morgan fingerprint density at radius 3 is 2.41 bits per heavy atom. The maximum absolute atomic E-state index is 12.5. The SMILES string of the molecule is CNC(=O)[C@@H](NC(=O)c1ccc(-c2ccc(NC(=O)c3cccc(C)n3)cc2)o1)C1CC1. The summed E-state index contributed by atoms with van der Waals surface area (Å²) in [5.74, 6) is -0.100. The smallest absolute Gasteiger partial charge is 0.287 e. The lowest BCUT2D eigenvalue weighted by molar-refractivity contribution is -0.122. The number of aromatic nitrogens is 1.